The molecule has 7 nitrogen and oxygen atoms in total. The Morgan fingerprint density at radius 2 is 1.63 bits per heavy atom. The molecular weight excluding hydrogens is 444 g/mol. The molecule has 35 heavy (non-hydrogen) atoms. The van der Waals surface area contributed by atoms with Crippen LogP contribution in [-0.2, 0) is 16.0 Å². The number of amides is 2. The van der Waals surface area contributed by atoms with Crippen LogP contribution in [0.1, 0.15) is 29.7 Å². The first kappa shape index (κ1) is 22.8. The summed E-state index contributed by atoms with van der Waals surface area (Å²) < 4.78 is 17.2. The number of anilines is 1. The van der Waals surface area contributed by atoms with Gasteiger partial charge in [0.1, 0.15) is 5.75 Å². The van der Waals surface area contributed by atoms with E-state index in [0.717, 1.165) is 16.7 Å². The summed E-state index contributed by atoms with van der Waals surface area (Å²) in [7, 11) is 3.23. The van der Waals surface area contributed by atoms with Crippen molar-refractivity contribution in [1.82, 2.24) is 4.90 Å². The first-order valence-electron chi connectivity index (χ1n) is 11.7. The van der Waals surface area contributed by atoms with Crippen molar-refractivity contribution in [2.75, 3.05) is 32.2 Å². The summed E-state index contributed by atoms with van der Waals surface area (Å²) in [6, 6.07) is 20.9. The molecule has 0 saturated heterocycles. The van der Waals surface area contributed by atoms with E-state index in [1.54, 1.807) is 25.2 Å². The predicted molar refractivity (Wildman–Crippen MR) is 132 cm³/mol. The van der Waals surface area contributed by atoms with E-state index >= 15 is 0 Å². The quantitative estimate of drug-likeness (QED) is 0.574. The fraction of sp³-hybridized carbons (Fsp3) is 0.286. The van der Waals surface area contributed by atoms with Crippen LogP contribution >= 0.6 is 0 Å². The molecule has 3 aromatic rings. The molecule has 0 radical (unpaired) electrons. The van der Waals surface area contributed by atoms with E-state index in [0.29, 0.717) is 35.9 Å². The lowest BCUT2D eigenvalue weighted by Crippen LogP contribution is -2.53. The Balaban J connectivity index is 1.55. The molecule has 0 N–H and O–H groups in total. The van der Waals surface area contributed by atoms with Crippen molar-refractivity contribution in [3.05, 3.63) is 83.4 Å². The van der Waals surface area contributed by atoms with Crippen molar-refractivity contribution >= 4 is 17.5 Å². The molecule has 2 atom stereocenters. The minimum atomic E-state index is -0.804. The zero-order valence-corrected chi connectivity index (χ0v) is 20.1. The first-order valence-corrected chi connectivity index (χ1v) is 11.7. The number of carbonyl (C=O) groups excluding carboxylic acids is 2. The van der Waals surface area contributed by atoms with Crippen molar-refractivity contribution in [3.63, 3.8) is 0 Å². The first-order chi connectivity index (χ1) is 17.0. The molecule has 3 aromatic carbocycles. The van der Waals surface area contributed by atoms with E-state index in [9.17, 15) is 9.59 Å². The van der Waals surface area contributed by atoms with Gasteiger partial charge in [0.15, 0.2) is 17.6 Å². The van der Waals surface area contributed by atoms with Crippen LogP contribution in [0.3, 0.4) is 0 Å². The fourth-order valence-corrected chi connectivity index (χ4v) is 5.02. The molecule has 180 valence electrons. The topological polar surface area (TPSA) is 68.3 Å². The number of hydrogen-bond donors (Lipinski definition) is 0. The van der Waals surface area contributed by atoms with E-state index in [2.05, 4.69) is 0 Å². The number of hydrogen-bond acceptors (Lipinski definition) is 5. The third kappa shape index (κ3) is 4.07. The summed E-state index contributed by atoms with van der Waals surface area (Å²) in [5, 5.41) is 0. The second-order valence-corrected chi connectivity index (χ2v) is 8.70. The number of ether oxygens (including phenoxy) is 3. The lowest BCUT2D eigenvalue weighted by atomic mass is 9.87. The molecule has 2 aliphatic rings. The molecule has 2 aliphatic heterocycles. The van der Waals surface area contributed by atoms with Gasteiger partial charge >= 0.3 is 0 Å². The summed E-state index contributed by atoms with van der Waals surface area (Å²) in [6.07, 6.45) is -0.133. The van der Waals surface area contributed by atoms with Gasteiger partial charge in [-0.25, -0.2) is 0 Å². The molecule has 0 aromatic heterocycles. The molecule has 0 saturated carbocycles. The minimum absolute atomic E-state index is 0.126. The number of benzene rings is 3. The predicted octanol–water partition coefficient (Wildman–Crippen LogP) is 3.99. The second-order valence-electron chi connectivity index (χ2n) is 8.70. The molecule has 2 unspecified atom stereocenters. The average molecular weight is 473 g/mol. The van der Waals surface area contributed by atoms with Crippen LogP contribution in [0.25, 0.3) is 0 Å². The maximum atomic E-state index is 14.0. The molecule has 2 heterocycles. The SMILES string of the molecule is COc1cc2c(cc1OC)C(c1ccccc1)N(C(=O)C1CN(C(C)=O)c3ccccc3O1)CC2. The number of nitrogens with zero attached hydrogens (tertiary/aromatic N) is 2. The molecule has 0 spiro atoms. The minimum Gasteiger partial charge on any atom is -0.493 e. The third-order valence-electron chi connectivity index (χ3n) is 6.70. The lowest BCUT2D eigenvalue weighted by Gasteiger charge is -2.41. The molecule has 5 rings (SSSR count). The molecule has 7 heteroatoms. The summed E-state index contributed by atoms with van der Waals surface area (Å²) in [6.45, 7) is 2.19. The molecular formula is C28H28N2O5. The van der Waals surface area contributed by atoms with E-state index in [4.69, 9.17) is 14.2 Å². The maximum absolute atomic E-state index is 14.0. The Morgan fingerprint density at radius 3 is 2.34 bits per heavy atom. The van der Waals surface area contributed by atoms with Gasteiger partial charge in [-0.2, -0.15) is 0 Å². The number of para-hydroxylation sites is 2. The van der Waals surface area contributed by atoms with Gasteiger partial charge in [0.05, 0.1) is 32.5 Å². The Bertz CT molecular complexity index is 1260. The van der Waals surface area contributed by atoms with Crippen molar-refractivity contribution in [2.45, 2.75) is 25.5 Å². The van der Waals surface area contributed by atoms with Crippen LogP contribution in [0.4, 0.5) is 5.69 Å². The normalized spacial score (nSPS) is 18.7. The van der Waals surface area contributed by atoms with Gasteiger partial charge in [0.25, 0.3) is 5.91 Å². The maximum Gasteiger partial charge on any atom is 0.266 e. The Kier molecular flexibility index (Phi) is 6.07. The smallest absolute Gasteiger partial charge is 0.266 e. The Labute approximate surface area is 204 Å². The molecule has 0 fully saturated rings. The monoisotopic (exact) mass is 472 g/mol. The highest BCUT2D eigenvalue weighted by atomic mass is 16.5. The van der Waals surface area contributed by atoms with Gasteiger partial charge in [-0.15, -0.1) is 0 Å². The number of carbonyl (C=O) groups is 2. The Morgan fingerprint density at radius 1 is 0.943 bits per heavy atom. The number of methoxy groups -OCH3 is 2. The fourth-order valence-electron chi connectivity index (χ4n) is 5.02. The van der Waals surface area contributed by atoms with Crippen LogP contribution in [-0.4, -0.2) is 50.1 Å². The summed E-state index contributed by atoms with van der Waals surface area (Å²) in [5.41, 5.74) is 3.78. The molecule has 0 bridgehead atoms. The zero-order valence-electron chi connectivity index (χ0n) is 20.1. The molecule has 0 aliphatic carbocycles. The van der Waals surface area contributed by atoms with Crippen molar-refractivity contribution in [3.8, 4) is 17.2 Å². The van der Waals surface area contributed by atoms with Crippen LogP contribution < -0.4 is 19.1 Å². The van der Waals surface area contributed by atoms with Gasteiger partial charge in [-0.05, 0) is 47.4 Å². The Hall–Kier alpha value is -4.00. The summed E-state index contributed by atoms with van der Waals surface area (Å²) in [4.78, 5) is 29.9. The third-order valence-corrected chi connectivity index (χ3v) is 6.70. The number of rotatable bonds is 4. The van der Waals surface area contributed by atoms with Crippen molar-refractivity contribution in [2.24, 2.45) is 0 Å². The highest BCUT2D eigenvalue weighted by Crippen LogP contribution is 2.42. The van der Waals surface area contributed by atoms with Gasteiger partial charge in [0, 0.05) is 13.5 Å². The summed E-state index contributed by atoms with van der Waals surface area (Å²) >= 11 is 0. The number of fused-ring (bicyclic) bond motifs is 2. The van der Waals surface area contributed by atoms with Crippen LogP contribution in [0, 0.1) is 0 Å². The van der Waals surface area contributed by atoms with Crippen LogP contribution in [0.2, 0.25) is 0 Å². The zero-order chi connectivity index (χ0) is 24.5. The van der Waals surface area contributed by atoms with Gasteiger partial charge < -0.3 is 24.0 Å². The van der Waals surface area contributed by atoms with Crippen molar-refractivity contribution in [1.29, 1.82) is 0 Å². The second kappa shape index (κ2) is 9.33. The van der Waals surface area contributed by atoms with E-state index < -0.39 is 6.10 Å². The van der Waals surface area contributed by atoms with E-state index in [1.165, 1.54) is 6.92 Å². The lowest BCUT2D eigenvalue weighted by molar-refractivity contribution is -0.141. The van der Waals surface area contributed by atoms with Crippen LogP contribution in [0.5, 0.6) is 17.2 Å². The molecule has 2 amide bonds. The highest BCUT2D eigenvalue weighted by Gasteiger charge is 2.40. The van der Waals surface area contributed by atoms with E-state index in [-0.39, 0.29) is 24.4 Å². The van der Waals surface area contributed by atoms with Crippen molar-refractivity contribution < 1.29 is 23.8 Å². The van der Waals surface area contributed by atoms with E-state index in [1.807, 2.05) is 65.6 Å². The summed E-state index contributed by atoms with van der Waals surface area (Å²) in [5.74, 6) is 1.54. The average Bonchev–Trinajstić information content (AvgIpc) is 2.90. The van der Waals surface area contributed by atoms with Gasteiger partial charge in [-0.3, -0.25) is 9.59 Å². The van der Waals surface area contributed by atoms with Crippen LogP contribution in [0.15, 0.2) is 66.7 Å². The van der Waals surface area contributed by atoms with Gasteiger partial charge in [0.2, 0.25) is 5.91 Å². The highest BCUT2D eigenvalue weighted by molar-refractivity contribution is 5.96. The standard InChI is InChI=1S/C28H28N2O5/c1-18(31)30-17-26(35-23-12-8-7-11-22(23)30)28(32)29-14-13-20-15-24(33-2)25(34-3)16-21(20)27(29)19-9-5-4-6-10-19/h4-12,15-16,26-27H,13-14,17H2,1-3H3. The van der Waals surface area contributed by atoms with Gasteiger partial charge in [-0.1, -0.05) is 42.5 Å². The largest absolute Gasteiger partial charge is 0.493 e.